The average molecular weight is 301 g/mol. The van der Waals surface area contributed by atoms with E-state index in [4.69, 9.17) is 5.73 Å². The molecule has 0 aromatic heterocycles. The van der Waals surface area contributed by atoms with Crippen LogP contribution in [0.2, 0.25) is 0 Å². The third-order valence-corrected chi connectivity index (χ3v) is 3.68. The van der Waals surface area contributed by atoms with Gasteiger partial charge in [-0.3, -0.25) is 4.79 Å². The molecule has 0 bridgehead atoms. The van der Waals surface area contributed by atoms with Crippen molar-refractivity contribution >= 4 is 11.6 Å². The third kappa shape index (κ3) is 3.87. The maximum Gasteiger partial charge on any atom is 0.416 e. The summed E-state index contributed by atoms with van der Waals surface area (Å²) in [4.78, 5) is 14.3. The Hall–Kier alpha value is -1.76. The predicted molar refractivity (Wildman–Crippen MR) is 73.8 cm³/mol. The first-order valence-electron chi connectivity index (χ1n) is 6.73. The Bertz CT molecular complexity index is 523. The van der Waals surface area contributed by atoms with E-state index in [9.17, 15) is 18.0 Å². The lowest BCUT2D eigenvalue weighted by Crippen LogP contribution is -2.43. The zero-order valence-corrected chi connectivity index (χ0v) is 11.7. The second-order valence-corrected chi connectivity index (χ2v) is 5.35. The lowest BCUT2D eigenvalue weighted by Gasteiger charge is -2.29. The van der Waals surface area contributed by atoms with Crippen molar-refractivity contribution in [1.29, 1.82) is 0 Å². The minimum Gasteiger partial charge on any atom is -0.398 e. The Labute approximate surface area is 121 Å². The molecule has 0 saturated carbocycles. The van der Waals surface area contributed by atoms with Gasteiger partial charge < -0.3 is 16.0 Å². The normalized spacial score (nSPS) is 17.7. The second-order valence-electron chi connectivity index (χ2n) is 5.35. The molecule has 0 atom stereocenters. The van der Waals surface area contributed by atoms with Crippen molar-refractivity contribution in [3.05, 3.63) is 29.3 Å². The van der Waals surface area contributed by atoms with E-state index < -0.39 is 17.6 Å². The summed E-state index contributed by atoms with van der Waals surface area (Å²) in [6, 6.07) is 2.77. The fraction of sp³-hybridized carbons (Fsp3) is 0.500. The van der Waals surface area contributed by atoms with Crippen LogP contribution in [0.5, 0.6) is 0 Å². The monoisotopic (exact) mass is 301 g/mol. The van der Waals surface area contributed by atoms with Crippen molar-refractivity contribution in [3.8, 4) is 0 Å². The molecule has 1 aliphatic rings. The number of alkyl halides is 3. The Morgan fingerprint density at radius 1 is 1.33 bits per heavy atom. The van der Waals surface area contributed by atoms with E-state index in [-0.39, 0.29) is 17.3 Å². The standard InChI is InChI=1S/C14H18F3N3O/c1-20-6-4-10(5-7-20)19-13(21)11-8-9(14(15,16)17)2-3-12(11)18/h2-3,8,10H,4-7,18H2,1H3,(H,19,21). The molecule has 21 heavy (non-hydrogen) atoms. The number of hydrogen-bond acceptors (Lipinski definition) is 3. The van der Waals surface area contributed by atoms with Gasteiger partial charge in [-0.05, 0) is 51.2 Å². The lowest BCUT2D eigenvalue weighted by atomic mass is 10.0. The molecule has 1 heterocycles. The molecule has 1 amide bonds. The zero-order valence-electron chi connectivity index (χ0n) is 11.7. The number of nitrogens with zero attached hydrogens (tertiary/aromatic N) is 1. The van der Waals surface area contributed by atoms with Gasteiger partial charge in [-0.1, -0.05) is 0 Å². The van der Waals surface area contributed by atoms with Crippen molar-refractivity contribution in [2.45, 2.75) is 25.1 Å². The molecule has 2 rings (SSSR count). The molecule has 7 heteroatoms. The molecule has 0 unspecified atom stereocenters. The van der Waals surface area contributed by atoms with Gasteiger partial charge in [0, 0.05) is 11.7 Å². The SMILES string of the molecule is CN1CCC(NC(=O)c2cc(C(F)(F)F)ccc2N)CC1. The smallest absolute Gasteiger partial charge is 0.398 e. The molecule has 1 aromatic rings. The number of carbonyl (C=O) groups excluding carboxylic acids is 1. The van der Waals surface area contributed by atoms with Gasteiger partial charge in [-0.25, -0.2) is 0 Å². The predicted octanol–water partition coefficient (Wildman–Crippen LogP) is 2.11. The summed E-state index contributed by atoms with van der Waals surface area (Å²) < 4.78 is 38.1. The van der Waals surface area contributed by atoms with Gasteiger partial charge in [0.25, 0.3) is 5.91 Å². The van der Waals surface area contributed by atoms with Gasteiger partial charge >= 0.3 is 6.18 Å². The highest BCUT2D eigenvalue weighted by atomic mass is 19.4. The molecule has 116 valence electrons. The van der Waals surface area contributed by atoms with Crippen LogP contribution in [0, 0.1) is 0 Å². The number of halogens is 3. The minimum absolute atomic E-state index is 0.0253. The first-order chi connectivity index (χ1) is 9.77. The number of likely N-dealkylation sites (tertiary alicyclic amines) is 1. The summed E-state index contributed by atoms with van der Waals surface area (Å²) in [7, 11) is 1.99. The van der Waals surface area contributed by atoms with E-state index in [1.807, 2.05) is 7.05 Å². The Kier molecular flexibility index (Phi) is 4.41. The molecule has 1 fully saturated rings. The van der Waals surface area contributed by atoms with Gasteiger partial charge in [0.15, 0.2) is 0 Å². The van der Waals surface area contributed by atoms with E-state index in [0.717, 1.165) is 44.1 Å². The van der Waals surface area contributed by atoms with Crippen molar-refractivity contribution in [2.75, 3.05) is 25.9 Å². The number of hydrogen-bond donors (Lipinski definition) is 2. The molecule has 1 saturated heterocycles. The number of anilines is 1. The number of benzene rings is 1. The molecular weight excluding hydrogens is 283 g/mol. The lowest BCUT2D eigenvalue weighted by molar-refractivity contribution is -0.137. The van der Waals surface area contributed by atoms with Gasteiger partial charge in [0.1, 0.15) is 0 Å². The van der Waals surface area contributed by atoms with Crippen molar-refractivity contribution < 1.29 is 18.0 Å². The van der Waals surface area contributed by atoms with Crippen LogP contribution in [0.4, 0.5) is 18.9 Å². The number of rotatable bonds is 2. The largest absolute Gasteiger partial charge is 0.416 e. The second kappa shape index (κ2) is 5.93. The van der Waals surface area contributed by atoms with Crippen LogP contribution in [0.15, 0.2) is 18.2 Å². The fourth-order valence-corrected chi connectivity index (χ4v) is 2.35. The van der Waals surface area contributed by atoms with Crippen LogP contribution in [0.1, 0.15) is 28.8 Å². The summed E-state index contributed by atoms with van der Waals surface area (Å²) >= 11 is 0. The van der Waals surface area contributed by atoms with Crippen LogP contribution in [-0.2, 0) is 6.18 Å². The average Bonchev–Trinajstić information content (AvgIpc) is 2.40. The van der Waals surface area contributed by atoms with Gasteiger partial charge in [-0.2, -0.15) is 13.2 Å². The van der Waals surface area contributed by atoms with E-state index in [2.05, 4.69) is 10.2 Å². The first kappa shape index (κ1) is 15.6. The highest BCUT2D eigenvalue weighted by molar-refractivity contribution is 5.99. The molecule has 0 radical (unpaired) electrons. The Balaban J connectivity index is 2.11. The summed E-state index contributed by atoms with van der Waals surface area (Å²) in [5, 5.41) is 2.76. The van der Waals surface area contributed by atoms with E-state index in [1.54, 1.807) is 0 Å². The highest BCUT2D eigenvalue weighted by Gasteiger charge is 2.32. The maximum absolute atomic E-state index is 12.7. The summed E-state index contributed by atoms with van der Waals surface area (Å²) in [6.07, 6.45) is -2.93. The van der Waals surface area contributed by atoms with Gasteiger partial charge in [0.05, 0.1) is 11.1 Å². The van der Waals surface area contributed by atoms with Crippen molar-refractivity contribution in [2.24, 2.45) is 0 Å². The van der Waals surface area contributed by atoms with E-state index in [0.29, 0.717) is 0 Å². The third-order valence-electron chi connectivity index (χ3n) is 3.68. The molecule has 0 aliphatic carbocycles. The molecule has 0 spiro atoms. The number of amides is 1. The number of carbonyl (C=O) groups is 1. The van der Waals surface area contributed by atoms with Crippen LogP contribution in [0.3, 0.4) is 0 Å². The van der Waals surface area contributed by atoms with Gasteiger partial charge in [-0.15, -0.1) is 0 Å². The summed E-state index contributed by atoms with van der Waals surface area (Å²) in [5.74, 6) is -0.548. The molecule has 1 aliphatic heterocycles. The molecule has 3 N–H and O–H groups in total. The highest BCUT2D eigenvalue weighted by Crippen LogP contribution is 2.31. The molecule has 1 aromatic carbocycles. The van der Waals surface area contributed by atoms with Crippen LogP contribution < -0.4 is 11.1 Å². The Morgan fingerprint density at radius 2 is 1.95 bits per heavy atom. The number of piperidine rings is 1. The number of nitrogens with two attached hydrogens (primary N) is 1. The zero-order chi connectivity index (χ0) is 15.6. The minimum atomic E-state index is -4.49. The first-order valence-corrected chi connectivity index (χ1v) is 6.73. The fourth-order valence-electron chi connectivity index (χ4n) is 2.35. The number of nitrogens with one attached hydrogen (secondary N) is 1. The van der Waals surface area contributed by atoms with Crippen molar-refractivity contribution in [1.82, 2.24) is 10.2 Å². The van der Waals surface area contributed by atoms with E-state index in [1.165, 1.54) is 0 Å². The molecule has 4 nitrogen and oxygen atoms in total. The summed E-state index contributed by atoms with van der Waals surface area (Å²) in [5.41, 5.74) is 4.68. The van der Waals surface area contributed by atoms with E-state index >= 15 is 0 Å². The Morgan fingerprint density at radius 3 is 2.52 bits per heavy atom. The maximum atomic E-state index is 12.7. The topological polar surface area (TPSA) is 58.4 Å². The van der Waals surface area contributed by atoms with Crippen LogP contribution in [0.25, 0.3) is 0 Å². The van der Waals surface area contributed by atoms with Crippen LogP contribution in [-0.4, -0.2) is 37.0 Å². The number of nitrogen functional groups attached to an aromatic ring is 1. The van der Waals surface area contributed by atoms with Crippen molar-refractivity contribution in [3.63, 3.8) is 0 Å². The van der Waals surface area contributed by atoms with Crippen LogP contribution >= 0.6 is 0 Å². The quantitative estimate of drug-likeness (QED) is 0.823. The molecular formula is C14H18F3N3O. The van der Waals surface area contributed by atoms with Gasteiger partial charge in [0.2, 0.25) is 0 Å². The summed E-state index contributed by atoms with van der Waals surface area (Å²) in [6.45, 7) is 1.70.